The first-order valence-corrected chi connectivity index (χ1v) is 6.57. The van der Waals surface area contributed by atoms with E-state index in [1.807, 2.05) is 13.8 Å². The van der Waals surface area contributed by atoms with Gasteiger partial charge in [-0.3, -0.25) is 4.79 Å². The van der Waals surface area contributed by atoms with E-state index in [0.717, 1.165) is 19.3 Å². The highest BCUT2D eigenvalue weighted by Gasteiger charge is 2.21. The normalized spacial score (nSPS) is 16.6. The summed E-state index contributed by atoms with van der Waals surface area (Å²) in [6.45, 7) is 10.2. The minimum Gasteiger partial charge on any atom is -0.367 e. The Morgan fingerprint density at radius 1 is 1.35 bits per heavy atom. The zero-order valence-electron chi connectivity index (χ0n) is 11.9. The van der Waals surface area contributed by atoms with Gasteiger partial charge in [0, 0.05) is 11.6 Å². The Morgan fingerprint density at radius 2 is 1.88 bits per heavy atom. The van der Waals surface area contributed by atoms with Crippen molar-refractivity contribution in [3.8, 4) is 0 Å². The Hall–Kier alpha value is -0.610. The largest absolute Gasteiger partial charge is 0.367 e. The topological polar surface area (TPSA) is 64.3 Å². The van der Waals surface area contributed by atoms with Crippen molar-refractivity contribution in [2.75, 3.05) is 6.61 Å². The quantitative estimate of drug-likeness (QED) is 0.684. The SMILES string of the molecule is CCC(CC)NC(=O)C(C)OCC(C)(N)CC. The molecule has 1 amide bonds. The molecule has 0 saturated heterocycles. The fourth-order valence-electron chi connectivity index (χ4n) is 1.30. The number of amides is 1. The van der Waals surface area contributed by atoms with Gasteiger partial charge in [-0.2, -0.15) is 0 Å². The van der Waals surface area contributed by atoms with E-state index in [9.17, 15) is 4.79 Å². The zero-order chi connectivity index (χ0) is 13.5. The molecule has 0 heterocycles. The van der Waals surface area contributed by atoms with Gasteiger partial charge >= 0.3 is 0 Å². The highest BCUT2D eigenvalue weighted by Crippen LogP contribution is 2.07. The third-order valence-electron chi connectivity index (χ3n) is 3.17. The van der Waals surface area contributed by atoms with Gasteiger partial charge in [-0.15, -0.1) is 0 Å². The molecule has 2 atom stereocenters. The van der Waals surface area contributed by atoms with Crippen LogP contribution in [-0.2, 0) is 9.53 Å². The minimum atomic E-state index is -0.440. The Morgan fingerprint density at radius 3 is 2.29 bits per heavy atom. The predicted octanol–water partition coefficient (Wildman–Crippen LogP) is 1.82. The van der Waals surface area contributed by atoms with Crippen LogP contribution in [0, 0.1) is 0 Å². The monoisotopic (exact) mass is 244 g/mol. The van der Waals surface area contributed by atoms with Crippen LogP contribution in [0.4, 0.5) is 0 Å². The summed E-state index contributed by atoms with van der Waals surface area (Å²) in [6, 6.07) is 0.240. The molecule has 0 aliphatic rings. The van der Waals surface area contributed by atoms with Crippen LogP contribution in [0.15, 0.2) is 0 Å². The number of hydrogen-bond acceptors (Lipinski definition) is 3. The van der Waals surface area contributed by atoms with Gasteiger partial charge in [0.1, 0.15) is 6.10 Å². The molecular weight excluding hydrogens is 216 g/mol. The summed E-state index contributed by atoms with van der Waals surface area (Å²) < 4.78 is 5.51. The van der Waals surface area contributed by atoms with Crippen LogP contribution in [0.25, 0.3) is 0 Å². The Bertz CT molecular complexity index is 225. The first kappa shape index (κ1) is 16.4. The molecule has 0 aromatic carbocycles. The van der Waals surface area contributed by atoms with Crippen molar-refractivity contribution in [1.82, 2.24) is 5.32 Å². The molecule has 0 aliphatic heterocycles. The molecule has 0 saturated carbocycles. The molecule has 0 spiro atoms. The fraction of sp³-hybridized carbons (Fsp3) is 0.923. The van der Waals surface area contributed by atoms with Crippen molar-refractivity contribution in [2.45, 2.75) is 71.6 Å². The second-order valence-corrected chi connectivity index (χ2v) is 4.98. The number of nitrogens with two attached hydrogens (primary N) is 1. The molecule has 2 unspecified atom stereocenters. The molecule has 0 rings (SSSR count). The Labute approximate surface area is 105 Å². The molecule has 4 nitrogen and oxygen atoms in total. The van der Waals surface area contributed by atoms with Crippen LogP contribution < -0.4 is 11.1 Å². The van der Waals surface area contributed by atoms with Crippen LogP contribution >= 0.6 is 0 Å². The standard InChI is InChI=1S/C13H28N2O2/c1-6-11(7-2)15-12(16)10(4)17-9-13(5,14)8-3/h10-11H,6-9,14H2,1-5H3,(H,15,16). The third-order valence-corrected chi connectivity index (χ3v) is 3.17. The van der Waals surface area contributed by atoms with Crippen molar-refractivity contribution in [2.24, 2.45) is 5.73 Å². The van der Waals surface area contributed by atoms with Gasteiger partial charge in [0.25, 0.3) is 0 Å². The average Bonchev–Trinajstić information content (AvgIpc) is 2.32. The molecule has 0 fully saturated rings. The summed E-state index contributed by atoms with van der Waals surface area (Å²) >= 11 is 0. The second-order valence-electron chi connectivity index (χ2n) is 4.98. The summed E-state index contributed by atoms with van der Waals surface area (Å²) in [4.78, 5) is 11.8. The van der Waals surface area contributed by atoms with E-state index in [1.54, 1.807) is 6.92 Å². The van der Waals surface area contributed by atoms with Crippen molar-refractivity contribution in [3.63, 3.8) is 0 Å². The number of nitrogens with one attached hydrogen (secondary N) is 1. The van der Waals surface area contributed by atoms with Crippen molar-refractivity contribution >= 4 is 5.91 Å². The fourth-order valence-corrected chi connectivity index (χ4v) is 1.30. The van der Waals surface area contributed by atoms with Gasteiger partial charge < -0.3 is 15.8 Å². The van der Waals surface area contributed by atoms with Gasteiger partial charge in [0.05, 0.1) is 6.61 Å². The number of carbonyl (C=O) groups is 1. The lowest BCUT2D eigenvalue weighted by molar-refractivity contribution is -0.133. The zero-order valence-corrected chi connectivity index (χ0v) is 11.9. The van der Waals surface area contributed by atoms with Gasteiger partial charge in [-0.05, 0) is 33.1 Å². The van der Waals surface area contributed by atoms with E-state index in [2.05, 4.69) is 19.2 Å². The number of rotatable bonds is 8. The summed E-state index contributed by atoms with van der Waals surface area (Å²) in [6.07, 6.45) is 2.27. The number of carbonyl (C=O) groups excluding carboxylic acids is 1. The molecule has 0 radical (unpaired) electrons. The molecule has 0 aliphatic carbocycles. The first-order chi connectivity index (χ1) is 7.86. The van der Waals surface area contributed by atoms with Crippen molar-refractivity contribution < 1.29 is 9.53 Å². The highest BCUT2D eigenvalue weighted by molar-refractivity contribution is 5.80. The molecule has 0 bridgehead atoms. The number of ether oxygens (including phenoxy) is 1. The van der Waals surface area contributed by atoms with Crippen LogP contribution in [-0.4, -0.2) is 30.2 Å². The summed E-state index contributed by atoms with van der Waals surface area (Å²) in [5.41, 5.74) is 5.60. The molecule has 0 aromatic rings. The maximum absolute atomic E-state index is 11.8. The lowest BCUT2D eigenvalue weighted by atomic mass is 10.0. The maximum atomic E-state index is 11.8. The smallest absolute Gasteiger partial charge is 0.249 e. The number of hydrogen-bond donors (Lipinski definition) is 2. The van der Waals surface area contributed by atoms with E-state index < -0.39 is 6.10 Å². The molecule has 0 aromatic heterocycles. The van der Waals surface area contributed by atoms with Crippen molar-refractivity contribution in [1.29, 1.82) is 0 Å². The molecular formula is C13H28N2O2. The van der Waals surface area contributed by atoms with E-state index in [1.165, 1.54) is 0 Å². The summed E-state index contributed by atoms with van der Waals surface area (Å²) in [7, 11) is 0. The molecule has 4 heteroatoms. The minimum absolute atomic E-state index is 0.0504. The molecule has 17 heavy (non-hydrogen) atoms. The van der Waals surface area contributed by atoms with Gasteiger partial charge in [-0.25, -0.2) is 0 Å². The van der Waals surface area contributed by atoms with Crippen molar-refractivity contribution in [3.05, 3.63) is 0 Å². The average molecular weight is 244 g/mol. The van der Waals surface area contributed by atoms with E-state index >= 15 is 0 Å². The lowest BCUT2D eigenvalue weighted by Crippen LogP contribution is -2.45. The highest BCUT2D eigenvalue weighted by atomic mass is 16.5. The maximum Gasteiger partial charge on any atom is 0.249 e. The van der Waals surface area contributed by atoms with Gasteiger partial charge in [0.2, 0.25) is 5.91 Å². The summed E-state index contributed by atoms with van der Waals surface area (Å²) in [5, 5.41) is 2.97. The Kier molecular flexibility index (Phi) is 7.39. The summed E-state index contributed by atoms with van der Waals surface area (Å²) in [5.74, 6) is -0.0504. The van der Waals surface area contributed by atoms with E-state index in [0.29, 0.717) is 6.61 Å². The molecule has 102 valence electrons. The Balaban J connectivity index is 4.06. The predicted molar refractivity (Wildman–Crippen MR) is 70.8 cm³/mol. The first-order valence-electron chi connectivity index (χ1n) is 6.57. The second kappa shape index (κ2) is 7.67. The lowest BCUT2D eigenvalue weighted by Gasteiger charge is -2.25. The van der Waals surface area contributed by atoms with Gasteiger partial charge in [0.15, 0.2) is 0 Å². The van der Waals surface area contributed by atoms with Gasteiger partial charge in [-0.1, -0.05) is 20.8 Å². The third kappa shape index (κ3) is 6.64. The van der Waals surface area contributed by atoms with E-state index in [4.69, 9.17) is 10.5 Å². The van der Waals surface area contributed by atoms with Crippen LogP contribution in [0.5, 0.6) is 0 Å². The van der Waals surface area contributed by atoms with Crippen LogP contribution in [0.1, 0.15) is 53.9 Å². The molecule has 3 N–H and O–H groups in total. The van der Waals surface area contributed by atoms with Crippen LogP contribution in [0.3, 0.4) is 0 Å². The van der Waals surface area contributed by atoms with E-state index in [-0.39, 0.29) is 17.5 Å². The van der Waals surface area contributed by atoms with Crippen LogP contribution in [0.2, 0.25) is 0 Å².